The van der Waals surface area contributed by atoms with Crippen molar-refractivity contribution in [3.8, 4) is 11.4 Å². The molecule has 0 atom stereocenters. The Morgan fingerprint density at radius 2 is 1.79 bits per heavy atom. The van der Waals surface area contributed by atoms with Gasteiger partial charge in [0, 0.05) is 30.4 Å². The van der Waals surface area contributed by atoms with Crippen molar-refractivity contribution in [2.24, 2.45) is 0 Å². The number of amides is 1. The first kappa shape index (κ1) is 16.5. The van der Waals surface area contributed by atoms with Crippen molar-refractivity contribution in [3.05, 3.63) is 30.2 Å². The zero-order valence-electron chi connectivity index (χ0n) is 14.3. The molecule has 0 unspecified atom stereocenters. The predicted octanol–water partition coefficient (Wildman–Crippen LogP) is 3.26. The van der Waals surface area contributed by atoms with Gasteiger partial charge in [-0.05, 0) is 51.0 Å². The van der Waals surface area contributed by atoms with E-state index in [4.69, 9.17) is 4.52 Å². The van der Waals surface area contributed by atoms with Gasteiger partial charge in [-0.3, -0.25) is 4.79 Å². The first-order valence-electron chi connectivity index (χ1n) is 8.63. The first-order chi connectivity index (χ1) is 11.6. The summed E-state index contributed by atoms with van der Waals surface area (Å²) in [6.45, 7) is 6.00. The van der Waals surface area contributed by atoms with Crippen molar-refractivity contribution in [2.45, 2.75) is 45.6 Å². The third kappa shape index (κ3) is 3.93. The highest BCUT2D eigenvalue weighted by atomic mass is 16.5. The van der Waals surface area contributed by atoms with E-state index in [1.807, 2.05) is 26.0 Å². The Morgan fingerprint density at radius 3 is 2.42 bits per heavy atom. The van der Waals surface area contributed by atoms with Crippen LogP contribution in [0.4, 0.5) is 5.69 Å². The van der Waals surface area contributed by atoms with E-state index in [1.54, 1.807) is 0 Å². The SMILES string of the molecule is CC(C)NC(=O)c1nc(-c2ccc(N3CCCCCC3)cc2)no1. The number of carbonyl (C=O) groups is 1. The van der Waals surface area contributed by atoms with E-state index in [2.05, 4.69) is 32.5 Å². The normalized spacial score (nSPS) is 15.4. The number of carbonyl (C=O) groups excluding carboxylic acids is 1. The van der Waals surface area contributed by atoms with Gasteiger partial charge in [0.05, 0.1) is 0 Å². The molecule has 1 saturated heterocycles. The van der Waals surface area contributed by atoms with E-state index in [0.717, 1.165) is 18.7 Å². The molecule has 6 heteroatoms. The molecule has 24 heavy (non-hydrogen) atoms. The van der Waals surface area contributed by atoms with E-state index in [0.29, 0.717) is 5.82 Å². The van der Waals surface area contributed by atoms with Gasteiger partial charge < -0.3 is 14.7 Å². The second-order valence-corrected chi connectivity index (χ2v) is 6.50. The molecule has 6 nitrogen and oxygen atoms in total. The standard InChI is InChI=1S/C18H24N4O2/c1-13(2)19-17(23)18-20-16(21-24-18)14-7-9-15(10-8-14)22-11-5-3-4-6-12-22/h7-10,13H,3-6,11-12H2,1-2H3,(H,19,23). The molecule has 0 aliphatic carbocycles. The van der Waals surface area contributed by atoms with Crippen molar-refractivity contribution in [1.82, 2.24) is 15.5 Å². The number of aromatic nitrogens is 2. The number of benzene rings is 1. The second-order valence-electron chi connectivity index (χ2n) is 6.50. The van der Waals surface area contributed by atoms with E-state index in [9.17, 15) is 4.79 Å². The Bertz CT molecular complexity index is 671. The van der Waals surface area contributed by atoms with Crippen molar-refractivity contribution in [3.63, 3.8) is 0 Å². The fraction of sp³-hybridized carbons (Fsp3) is 0.500. The van der Waals surface area contributed by atoms with Gasteiger partial charge in [0.15, 0.2) is 0 Å². The Hall–Kier alpha value is -2.37. The van der Waals surface area contributed by atoms with Crippen molar-refractivity contribution < 1.29 is 9.32 Å². The number of nitrogens with one attached hydrogen (secondary N) is 1. The average Bonchev–Trinajstić information content (AvgIpc) is 2.91. The molecule has 1 fully saturated rings. The summed E-state index contributed by atoms with van der Waals surface area (Å²) in [4.78, 5) is 18.5. The van der Waals surface area contributed by atoms with E-state index in [1.165, 1.54) is 31.4 Å². The summed E-state index contributed by atoms with van der Waals surface area (Å²) in [6, 6.07) is 8.17. The molecule has 1 aliphatic rings. The van der Waals surface area contributed by atoms with Gasteiger partial charge in [-0.25, -0.2) is 0 Å². The summed E-state index contributed by atoms with van der Waals surface area (Å²) < 4.78 is 5.06. The fourth-order valence-corrected chi connectivity index (χ4v) is 2.91. The molecule has 3 rings (SSSR count). The average molecular weight is 328 g/mol. The second kappa shape index (κ2) is 7.47. The molecule has 2 heterocycles. The van der Waals surface area contributed by atoms with Gasteiger partial charge in [-0.1, -0.05) is 18.0 Å². The molecule has 0 spiro atoms. The van der Waals surface area contributed by atoms with Crippen LogP contribution in [-0.4, -0.2) is 35.2 Å². The Labute approximate surface area is 142 Å². The summed E-state index contributed by atoms with van der Waals surface area (Å²) in [5, 5.41) is 6.65. The number of rotatable bonds is 4. The number of nitrogens with zero attached hydrogens (tertiary/aromatic N) is 3. The number of hydrogen-bond acceptors (Lipinski definition) is 5. The summed E-state index contributed by atoms with van der Waals surface area (Å²) in [5.41, 5.74) is 2.07. The molecule has 2 aromatic rings. The monoisotopic (exact) mass is 328 g/mol. The lowest BCUT2D eigenvalue weighted by molar-refractivity contribution is 0.0899. The van der Waals surface area contributed by atoms with Crippen LogP contribution in [0.25, 0.3) is 11.4 Å². The van der Waals surface area contributed by atoms with Crippen molar-refractivity contribution in [1.29, 1.82) is 0 Å². The van der Waals surface area contributed by atoms with Gasteiger partial charge in [0.25, 0.3) is 0 Å². The number of anilines is 1. The third-order valence-corrected chi connectivity index (χ3v) is 4.14. The highest BCUT2D eigenvalue weighted by Gasteiger charge is 2.17. The van der Waals surface area contributed by atoms with E-state index >= 15 is 0 Å². The largest absolute Gasteiger partial charge is 0.372 e. The lowest BCUT2D eigenvalue weighted by Gasteiger charge is -2.22. The Morgan fingerprint density at radius 1 is 1.12 bits per heavy atom. The van der Waals surface area contributed by atoms with E-state index < -0.39 is 0 Å². The molecule has 0 saturated carbocycles. The van der Waals surface area contributed by atoms with Crippen LogP contribution in [0.5, 0.6) is 0 Å². The minimum absolute atomic E-state index is 0.00436. The van der Waals surface area contributed by atoms with E-state index in [-0.39, 0.29) is 17.8 Å². The van der Waals surface area contributed by atoms with Gasteiger partial charge in [-0.2, -0.15) is 4.98 Å². The summed E-state index contributed by atoms with van der Waals surface area (Å²) >= 11 is 0. The quantitative estimate of drug-likeness (QED) is 0.933. The zero-order chi connectivity index (χ0) is 16.9. The minimum atomic E-state index is -0.343. The fourth-order valence-electron chi connectivity index (χ4n) is 2.91. The molecule has 1 aliphatic heterocycles. The van der Waals surface area contributed by atoms with Crippen LogP contribution < -0.4 is 10.2 Å². The van der Waals surface area contributed by atoms with Crippen LogP contribution in [0.1, 0.15) is 50.2 Å². The van der Waals surface area contributed by atoms with Crippen LogP contribution in [0.3, 0.4) is 0 Å². The van der Waals surface area contributed by atoms with Crippen LogP contribution in [-0.2, 0) is 0 Å². The van der Waals surface area contributed by atoms with Crippen molar-refractivity contribution in [2.75, 3.05) is 18.0 Å². The molecule has 1 aromatic heterocycles. The van der Waals surface area contributed by atoms with Gasteiger partial charge >= 0.3 is 11.8 Å². The van der Waals surface area contributed by atoms with Gasteiger partial charge in [0.1, 0.15) is 0 Å². The maximum Gasteiger partial charge on any atom is 0.316 e. The number of hydrogen-bond donors (Lipinski definition) is 1. The lowest BCUT2D eigenvalue weighted by Crippen LogP contribution is -2.30. The predicted molar refractivity (Wildman–Crippen MR) is 93.0 cm³/mol. The smallest absolute Gasteiger partial charge is 0.316 e. The first-order valence-corrected chi connectivity index (χ1v) is 8.63. The Kier molecular flexibility index (Phi) is 5.13. The van der Waals surface area contributed by atoms with Crippen molar-refractivity contribution >= 4 is 11.6 Å². The highest BCUT2D eigenvalue weighted by molar-refractivity contribution is 5.90. The highest BCUT2D eigenvalue weighted by Crippen LogP contribution is 2.23. The summed E-state index contributed by atoms with van der Waals surface area (Å²) in [6.07, 6.45) is 5.14. The van der Waals surface area contributed by atoms with Gasteiger partial charge in [-0.15, -0.1) is 0 Å². The topological polar surface area (TPSA) is 71.3 Å². The maximum absolute atomic E-state index is 11.9. The van der Waals surface area contributed by atoms with Crippen LogP contribution in [0.2, 0.25) is 0 Å². The van der Waals surface area contributed by atoms with Crippen LogP contribution in [0, 0.1) is 0 Å². The lowest BCUT2D eigenvalue weighted by atomic mass is 10.2. The van der Waals surface area contributed by atoms with Crippen LogP contribution in [0.15, 0.2) is 28.8 Å². The molecule has 1 aromatic carbocycles. The molecule has 1 N–H and O–H groups in total. The van der Waals surface area contributed by atoms with Gasteiger partial charge in [0.2, 0.25) is 5.82 Å². The molecular formula is C18H24N4O2. The third-order valence-electron chi connectivity index (χ3n) is 4.14. The maximum atomic E-state index is 11.9. The Balaban J connectivity index is 1.71. The molecule has 128 valence electrons. The molecule has 0 radical (unpaired) electrons. The minimum Gasteiger partial charge on any atom is -0.372 e. The van der Waals surface area contributed by atoms with Crippen LogP contribution >= 0.6 is 0 Å². The molecule has 1 amide bonds. The molecular weight excluding hydrogens is 304 g/mol. The zero-order valence-corrected chi connectivity index (χ0v) is 14.3. The summed E-state index contributed by atoms with van der Waals surface area (Å²) in [7, 11) is 0. The molecule has 0 bridgehead atoms. The summed E-state index contributed by atoms with van der Waals surface area (Å²) in [5.74, 6) is 0.0894.